The van der Waals surface area contributed by atoms with Crippen LogP contribution in [0.25, 0.3) is 0 Å². The highest BCUT2D eigenvalue weighted by molar-refractivity contribution is 5.35. The Hall–Kier alpha value is -1.71. The van der Waals surface area contributed by atoms with Crippen molar-refractivity contribution < 1.29 is 4.74 Å². The zero-order valence-corrected chi connectivity index (χ0v) is 10.2. The third-order valence-corrected chi connectivity index (χ3v) is 3.38. The quantitative estimate of drug-likeness (QED) is 0.896. The first-order valence-corrected chi connectivity index (χ1v) is 6.17. The van der Waals surface area contributed by atoms with Gasteiger partial charge in [-0.1, -0.05) is 18.2 Å². The molecule has 0 radical (unpaired) electrons. The molecule has 1 atom stereocenters. The van der Waals surface area contributed by atoms with Crippen molar-refractivity contribution in [2.24, 2.45) is 5.73 Å². The Balaban J connectivity index is 1.78. The summed E-state index contributed by atoms with van der Waals surface area (Å²) in [5.41, 5.74) is 11.2. The molecule has 92 valence electrons. The fourth-order valence-electron chi connectivity index (χ4n) is 2.31. The molecule has 18 heavy (non-hydrogen) atoms. The van der Waals surface area contributed by atoms with E-state index in [1.165, 1.54) is 22.3 Å². The Bertz CT molecular complexity index is 539. The number of benzene rings is 1. The van der Waals surface area contributed by atoms with E-state index in [-0.39, 0.29) is 6.04 Å². The summed E-state index contributed by atoms with van der Waals surface area (Å²) in [6, 6.07) is 10.5. The fourth-order valence-corrected chi connectivity index (χ4v) is 2.31. The Kier molecular flexibility index (Phi) is 3.09. The van der Waals surface area contributed by atoms with Crippen LogP contribution in [0.15, 0.2) is 42.7 Å². The third-order valence-electron chi connectivity index (χ3n) is 3.38. The molecule has 1 unspecified atom stereocenters. The van der Waals surface area contributed by atoms with Gasteiger partial charge in [0.1, 0.15) is 0 Å². The van der Waals surface area contributed by atoms with Crippen molar-refractivity contribution in [3.05, 3.63) is 65.0 Å². The highest BCUT2D eigenvalue weighted by Gasteiger charge is 2.14. The van der Waals surface area contributed by atoms with Crippen molar-refractivity contribution in [1.29, 1.82) is 0 Å². The molecule has 1 aliphatic heterocycles. The van der Waals surface area contributed by atoms with Crippen molar-refractivity contribution in [2.45, 2.75) is 25.7 Å². The predicted octanol–water partition coefficient (Wildman–Crippen LogP) is 2.35. The van der Waals surface area contributed by atoms with Crippen molar-refractivity contribution in [1.82, 2.24) is 4.98 Å². The van der Waals surface area contributed by atoms with Gasteiger partial charge < -0.3 is 10.5 Å². The molecule has 0 spiro atoms. The van der Waals surface area contributed by atoms with E-state index in [0.29, 0.717) is 6.61 Å². The lowest BCUT2D eigenvalue weighted by Gasteiger charge is -2.13. The number of pyridine rings is 1. The van der Waals surface area contributed by atoms with Gasteiger partial charge in [-0.15, -0.1) is 0 Å². The van der Waals surface area contributed by atoms with E-state index in [1.54, 1.807) is 12.4 Å². The molecule has 0 aliphatic carbocycles. The monoisotopic (exact) mass is 240 g/mol. The molecule has 0 bridgehead atoms. The summed E-state index contributed by atoms with van der Waals surface area (Å²) in [6.45, 7) is 1.44. The first-order chi connectivity index (χ1) is 8.83. The molecule has 2 aromatic rings. The number of aromatic nitrogens is 1. The standard InChI is InChI=1S/C15H16N2O/c16-15(7-11-3-5-17-6-4-11)12-1-2-13-9-18-10-14(13)8-12/h1-6,8,15H,7,9-10,16H2. The van der Waals surface area contributed by atoms with Gasteiger partial charge >= 0.3 is 0 Å². The van der Waals surface area contributed by atoms with Crippen LogP contribution in [-0.2, 0) is 24.4 Å². The summed E-state index contributed by atoms with van der Waals surface area (Å²) in [6.07, 6.45) is 4.44. The van der Waals surface area contributed by atoms with Crippen LogP contribution in [0.1, 0.15) is 28.3 Å². The van der Waals surface area contributed by atoms with Gasteiger partial charge in [0.05, 0.1) is 13.2 Å². The Labute approximate surface area is 107 Å². The highest BCUT2D eigenvalue weighted by atomic mass is 16.5. The van der Waals surface area contributed by atoms with E-state index in [9.17, 15) is 0 Å². The zero-order valence-electron chi connectivity index (χ0n) is 10.2. The first kappa shape index (κ1) is 11.4. The van der Waals surface area contributed by atoms with Crippen LogP contribution < -0.4 is 5.73 Å². The van der Waals surface area contributed by atoms with E-state index in [1.807, 2.05) is 12.1 Å². The molecule has 0 saturated heterocycles. The van der Waals surface area contributed by atoms with Crippen LogP contribution in [0.5, 0.6) is 0 Å². The highest BCUT2D eigenvalue weighted by Crippen LogP contribution is 2.24. The Morgan fingerprint density at radius 2 is 1.89 bits per heavy atom. The number of ether oxygens (including phenoxy) is 1. The normalized spacial score (nSPS) is 15.4. The number of rotatable bonds is 3. The molecule has 0 amide bonds. The molecule has 1 aliphatic rings. The maximum atomic E-state index is 6.26. The van der Waals surface area contributed by atoms with Gasteiger partial charge in [-0.05, 0) is 40.8 Å². The summed E-state index contributed by atoms with van der Waals surface area (Å²) in [4.78, 5) is 4.02. The average molecular weight is 240 g/mol. The summed E-state index contributed by atoms with van der Waals surface area (Å²) in [5.74, 6) is 0. The second kappa shape index (κ2) is 4.88. The molecule has 1 aromatic carbocycles. The van der Waals surface area contributed by atoms with Crippen molar-refractivity contribution in [3.63, 3.8) is 0 Å². The van der Waals surface area contributed by atoms with Gasteiger partial charge in [-0.3, -0.25) is 4.98 Å². The van der Waals surface area contributed by atoms with Gasteiger partial charge in [-0.2, -0.15) is 0 Å². The number of hydrogen-bond donors (Lipinski definition) is 1. The van der Waals surface area contributed by atoms with E-state index >= 15 is 0 Å². The zero-order chi connectivity index (χ0) is 12.4. The van der Waals surface area contributed by atoms with Crippen molar-refractivity contribution in [2.75, 3.05) is 0 Å². The molecule has 3 rings (SSSR count). The lowest BCUT2D eigenvalue weighted by Crippen LogP contribution is -2.13. The maximum absolute atomic E-state index is 6.26. The van der Waals surface area contributed by atoms with Gasteiger partial charge in [0.2, 0.25) is 0 Å². The minimum Gasteiger partial charge on any atom is -0.372 e. The number of hydrogen-bond acceptors (Lipinski definition) is 3. The van der Waals surface area contributed by atoms with E-state index in [0.717, 1.165) is 13.0 Å². The summed E-state index contributed by atoms with van der Waals surface area (Å²) in [5, 5.41) is 0. The summed E-state index contributed by atoms with van der Waals surface area (Å²) >= 11 is 0. The smallest absolute Gasteiger partial charge is 0.0725 e. The SMILES string of the molecule is NC(Cc1ccncc1)c1ccc2c(c1)COC2. The lowest BCUT2D eigenvalue weighted by molar-refractivity contribution is 0.134. The maximum Gasteiger partial charge on any atom is 0.0725 e. The van der Waals surface area contributed by atoms with E-state index < -0.39 is 0 Å². The largest absolute Gasteiger partial charge is 0.372 e. The van der Waals surface area contributed by atoms with Crippen molar-refractivity contribution in [3.8, 4) is 0 Å². The second-order valence-corrected chi connectivity index (χ2v) is 4.69. The average Bonchev–Trinajstić information content (AvgIpc) is 2.87. The van der Waals surface area contributed by atoms with Gasteiger partial charge in [0, 0.05) is 18.4 Å². The molecule has 0 saturated carbocycles. The number of fused-ring (bicyclic) bond motifs is 1. The molecular formula is C15H16N2O. The topological polar surface area (TPSA) is 48.1 Å². The van der Waals surface area contributed by atoms with Crippen molar-refractivity contribution >= 4 is 0 Å². The van der Waals surface area contributed by atoms with Crippen LogP contribution in [0.3, 0.4) is 0 Å². The van der Waals surface area contributed by atoms with Gasteiger partial charge in [-0.25, -0.2) is 0 Å². The van der Waals surface area contributed by atoms with Crippen LogP contribution in [-0.4, -0.2) is 4.98 Å². The Morgan fingerprint density at radius 1 is 1.11 bits per heavy atom. The molecule has 1 aromatic heterocycles. The fraction of sp³-hybridized carbons (Fsp3) is 0.267. The Morgan fingerprint density at radius 3 is 2.72 bits per heavy atom. The van der Waals surface area contributed by atoms with Gasteiger partial charge in [0.25, 0.3) is 0 Å². The van der Waals surface area contributed by atoms with Crippen LogP contribution in [0.2, 0.25) is 0 Å². The molecule has 2 N–H and O–H groups in total. The van der Waals surface area contributed by atoms with Crippen LogP contribution in [0, 0.1) is 0 Å². The molecule has 3 nitrogen and oxygen atoms in total. The minimum absolute atomic E-state index is 0.0262. The first-order valence-electron chi connectivity index (χ1n) is 6.17. The van der Waals surface area contributed by atoms with Crippen LogP contribution >= 0.6 is 0 Å². The van der Waals surface area contributed by atoms with E-state index in [4.69, 9.17) is 10.5 Å². The minimum atomic E-state index is 0.0262. The lowest BCUT2D eigenvalue weighted by atomic mass is 9.97. The molecule has 0 fully saturated rings. The van der Waals surface area contributed by atoms with E-state index in [2.05, 4.69) is 23.2 Å². The number of nitrogens with zero attached hydrogens (tertiary/aromatic N) is 1. The second-order valence-electron chi connectivity index (χ2n) is 4.69. The molecular weight excluding hydrogens is 224 g/mol. The molecule has 2 heterocycles. The van der Waals surface area contributed by atoms with Crippen LogP contribution in [0.4, 0.5) is 0 Å². The number of nitrogens with two attached hydrogens (primary N) is 1. The summed E-state index contributed by atoms with van der Waals surface area (Å²) in [7, 11) is 0. The van der Waals surface area contributed by atoms with Gasteiger partial charge in [0.15, 0.2) is 0 Å². The third kappa shape index (κ3) is 2.28. The molecule has 3 heteroatoms. The predicted molar refractivity (Wildman–Crippen MR) is 69.8 cm³/mol. The summed E-state index contributed by atoms with van der Waals surface area (Å²) < 4.78 is 5.42.